The summed E-state index contributed by atoms with van der Waals surface area (Å²) in [6, 6.07) is 9.92. The first-order chi connectivity index (χ1) is 12.6. The van der Waals surface area contributed by atoms with Gasteiger partial charge in [0.15, 0.2) is 0 Å². The smallest absolute Gasteiger partial charge is 0.315 e. The topological polar surface area (TPSA) is 64.5 Å². The first kappa shape index (κ1) is 18.3. The van der Waals surface area contributed by atoms with Gasteiger partial charge in [-0.2, -0.15) is 0 Å². The van der Waals surface area contributed by atoms with Crippen molar-refractivity contribution in [2.75, 3.05) is 20.3 Å². The molecule has 0 radical (unpaired) electrons. The maximum absolute atomic E-state index is 12.0. The van der Waals surface area contributed by atoms with Crippen LogP contribution in [-0.2, 0) is 11.3 Å². The van der Waals surface area contributed by atoms with Gasteiger partial charge in [0.05, 0.1) is 13.2 Å². The van der Waals surface area contributed by atoms with E-state index in [1.165, 1.54) is 0 Å². The molecule has 3 rings (SSSR count). The second-order valence-electron chi connectivity index (χ2n) is 6.63. The second-order valence-corrected chi connectivity index (χ2v) is 6.63. The molecule has 2 N–H and O–H groups in total. The molecule has 1 fully saturated rings. The van der Waals surface area contributed by atoms with Crippen LogP contribution in [0.1, 0.15) is 29.8 Å². The van der Waals surface area contributed by atoms with Crippen molar-refractivity contribution in [3.05, 3.63) is 47.3 Å². The number of aromatic nitrogens is 1. The van der Waals surface area contributed by atoms with Crippen molar-refractivity contribution >= 4 is 6.03 Å². The van der Waals surface area contributed by atoms with Crippen LogP contribution in [-0.4, -0.2) is 37.0 Å². The van der Waals surface area contributed by atoms with E-state index >= 15 is 0 Å². The largest absolute Gasteiger partial charge is 0.497 e. The molecule has 1 aliphatic heterocycles. The monoisotopic (exact) mass is 357 g/mol. The molecule has 1 aromatic heterocycles. The molecule has 26 heavy (non-hydrogen) atoms. The second kappa shape index (κ2) is 8.27. The SMILES string of the molecule is COc1ccc(-n2c(C)cc(CNC(=O)NC[C@H]3CCCO3)c2C)cc1. The summed E-state index contributed by atoms with van der Waals surface area (Å²) in [6.45, 7) is 5.99. The van der Waals surface area contributed by atoms with Crippen LogP contribution in [0.2, 0.25) is 0 Å². The van der Waals surface area contributed by atoms with Crippen LogP contribution in [0.4, 0.5) is 4.79 Å². The Morgan fingerprint density at radius 1 is 1.27 bits per heavy atom. The molecule has 2 amide bonds. The van der Waals surface area contributed by atoms with Gasteiger partial charge < -0.3 is 24.7 Å². The fourth-order valence-electron chi connectivity index (χ4n) is 3.39. The zero-order valence-electron chi connectivity index (χ0n) is 15.7. The number of carbonyl (C=O) groups is 1. The van der Waals surface area contributed by atoms with E-state index in [2.05, 4.69) is 35.1 Å². The fourth-order valence-corrected chi connectivity index (χ4v) is 3.39. The van der Waals surface area contributed by atoms with Crippen LogP contribution in [0.25, 0.3) is 5.69 Å². The molecule has 1 aliphatic rings. The first-order valence-electron chi connectivity index (χ1n) is 9.04. The number of carbonyl (C=O) groups excluding carboxylic acids is 1. The Kier molecular flexibility index (Phi) is 5.83. The van der Waals surface area contributed by atoms with Gasteiger partial charge in [-0.25, -0.2) is 4.79 Å². The Balaban J connectivity index is 1.60. The minimum Gasteiger partial charge on any atom is -0.497 e. The van der Waals surface area contributed by atoms with E-state index in [4.69, 9.17) is 9.47 Å². The number of methoxy groups -OCH3 is 1. The molecule has 6 heteroatoms. The summed E-state index contributed by atoms with van der Waals surface area (Å²) in [6.07, 6.45) is 2.25. The van der Waals surface area contributed by atoms with E-state index < -0.39 is 0 Å². The van der Waals surface area contributed by atoms with E-state index in [9.17, 15) is 4.79 Å². The van der Waals surface area contributed by atoms with Gasteiger partial charge in [-0.15, -0.1) is 0 Å². The quantitative estimate of drug-likeness (QED) is 0.835. The average Bonchev–Trinajstić information content (AvgIpc) is 3.26. The Labute approximate surface area is 154 Å². The molecule has 0 spiro atoms. The van der Waals surface area contributed by atoms with E-state index in [0.29, 0.717) is 13.1 Å². The zero-order chi connectivity index (χ0) is 18.5. The fraction of sp³-hybridized carbons (Fsp3) is 0.450. The molecular weight excluding hydrogens is 330 g/mol. The standard InChI is InChI=1S/C20H27N3O3/c1-14-11-16(12-21-20(24)22-13-19-5-4-10-26-19)15(2)23(14)17-6-8-18(25-3)9-7-17/h6-9,11,19H,4-5,10,12-13H2,1-3H3,(H2,21,22,24)/t19-/m1/s1. The number of urea groups is 1. The Hall–Kier alpha value is -2.47. The lowest BCUT2D eigenvalue weighted by Gasteiger charge is -2.12. The minimum atomic E-state index is -0.158. The van der Waals surface area contributed by atoms with E-state index in [1.807, 2.05) is 24.3 Å². The van der Waals surface area contributed by atoms with Gasteiger partial charge in [0, 0.05) is 36.8 Å². The summed E-state index contributed by atoms with van der Waals surface area (Å²) < 4.78 is 12.9. The summed E-state index contributed by atoms with van der Waals surface area (Å²) in [5.41, 5.74) is 4.43. The first-order valence-corrected chi connectivity index (χ1v) is 9.04. The Bertz CT molecular complexity index is 746. The summed E-state index contributed by atoms with van der Waals surface area (Å²) in [5.74, 6) is 0.834. The van der Waals surface area contributed by atoms with Gasteiger partial charge in [-0.3, -0.25) is 0 Å². The molecule has 0 bridgehead atoms. The minimum absolute atomic E-state index is 0.154. The highest BCUT2D eigenvalue weighted by Crippen LogP contribution is 2.22. The van der Waals surface area contributed by atoms with Crippen LogP contribution in [0, 0.1) is 13.8 Å². The lowest BCUT2D eigenvalue weighted by Crippen LogP contribution is -2.39. The van der Waals surface area contributed by atoms with Gasteiger partial charge in [0.2, 0.25) is 0 Å². The molecule has 1 saturated heterocycles. The Morgan fingerprint density at radius 2 is 2.04 bits per heavy atom. The van der Waals surface area contributed by atoms with E-state index in [0.717, 1.165) is 47.8 Å². The van der Waals surface area contributed by atoms with Crippen molar-refractivity contribution in [3.8, 4) is 11.4 Å². The zero-order valence-corrected chi connectivity index (χ0v) is 15.7. The van der Waals surface area contributed by atoms with E-state index in [-0.39, 0.29) is 12.1 Å². The molecule has 1 aromatic carbocycles. The number of ether oxygens (including phenoxy) is 2. The maximum Gasteiger partial charge on any atom is 0.315 e. The van der Waals surface area contributed by atoms with Crippen molar-refractivity contribution in [3.63, 3.8) is 0 Å². The summed E-state index contributed by atoms with van der Waals surface area (Å²) in [7, 11) is 1.66. The molecule has 2 heterocycles. The van der Waals surface area contributed by atoms with Crippen molar-refractivity contribution < 1.29 is 14.3 Å². The highest BCUT2D eigenvalue weighted by molar-refractivity contribution is 5.73. The van der Waals surface area contributed by atoms with E-state index in [1.54, 1.807) is 7.11 Å². The van der Waals surface area contributed by atoms with Crippen LogP contribution in [0.3, 0.4) is 0 Å². The van der Waals surface area contributed by atoms with Crippen LogP contribution in [0.5, 0.6) is 5.75 Å². The third kappa shape index (κ3) is 4.19. The van der Waals surface area contributed by atoms with Gasteiger partial charge in [0.1, 0.15) is 5.75 Å². The average molecular weight is 357 g/mol. The van der Waals surface area contributed by atoms with Crippen LogP contribution in [0.15, 0.2) is 30.3 Å². The number of benzene rings is 1. The number of nitrogens with zero attached hydrogens (tertiary/aromatic N) is 1. The van der Waals surface area contributed by atoms with Gasteiger partial charge in [0.25, 0.3) is 0 Å². The molecule has 6 nitrogen and oxygen atoms in total. The lowest BCUT2D eigenvalue weighted by atomic mass is 10.2. The van der Waals surface area contributed by atoms with Gasteiger partial charge >= 0.3 is 6.03 Å². The van der Waals surface area contributed by atoms with Crippen molar-refractivity contribution in [1.82, 2.24) is 15.2 Å². The Morgan fingerprint density at radius 3 is 2.69 bits per heavy atom. The molecular formula is C20H27N3O3. The molecule has 1 atom stereocenters. The molecule has 140 valence electrons. The van der Waals surface area contributed by atoms with Gasteiger partial charge in [-0.1, -0.05) is 0 Å². The maximum atomic E-state index is 12.0. The summed E-state index contributed by atoms with van der Waals surface area (Å²) >= 11 is 0. The third-order valence-corrected chi connectivity index (χ3v) is 4.82. The third-order valence-electron chi connectivity index (χ3n) is 4.82. The highest BCUT2D eigenvalue weighted by Gasteiger charge is 2.16. The molecule has 2 aromatic rings. The summed E-state index contributed by atoms with van der Waals surface area (Å²) in [4.78, 5) is 12.0. The number of aryl methyl sites for hydroxylation is 1. The molecule has 0 saturated carbocycles. The lowest BCUT2D eigenvalue weighted by molar-refractivity contribution is 0.111. The van der Waals surface area contributed by atoms with Crippen molar-refractivity contribution in [2.45, 2.75) is 39.3 Å². The highest BCUT2D eigenvalue weighted by atomic mass is 16.5. The van der Waals surface area contributed by atoms with Crippen LogP contribution >= 0.6 is 0 Å². The number of hydrogen-bond donors (Lipinski definition) is 2. The normalized spacial score (nSPS) is 16.5. The summed E-state index contributed by atoms with van der Waals surface area (Å²) in [5, 5.41) is 5.82. The predicted octanol–water partition coefficient (Wildman–Crippen LogP) is 3.08. The number of amides is 2. The van der Waals surface area contributed by atoms with Crippen LogP contribution < -0.4 is 15.4 Å². The predicted molar refractivity (Wildman–Crippen MR) is 101 cm³/mol. The van der Waals surface area contributed by atoms with Crippen molar-refractivity contribution in [1.29, 1.82) is 0 Å². The molecule has 0 aliphatic carbocycles. The molecule has 0 unspecified atom stereocenters. The number of hydrogen-bond acceptors (Lipinski definition) is 3. The van der Waals surface area contributed by atoms with Crippen molar-refractivity contribution in [2.24, 2.45) is 0 Å². The number of rotatable bonds is 6. The van der Waals surface area contributed by atoms with Gasteiger partial charge in [-0.05, 0) is 62.6 Å². The number of nitrogens with one attached hydrogen (secondary N) is 2.